The van der Waals surface area contributed by atoms with Gasteiger partial charge in [0.1, 0.15) is 0 Å². The van der Waals surface area contributed by atoms with Gasteiger partial charge in [-0.25, -0.2) is 0 Å². The van der Waals surface area contributed by atoms with Crippen LogP contribution >= 0.6 is 0 Å². The van der Waals surface area contributed by atoms with Crippen LogP contribution in [0.4, 0.5) is 0 Å². The average Bonchev–Trinajstić information content (AvgIpc) is 2.43. The van der Waals surface area contributed by atoms with Gasteiger partial charge in [-0.3, -0.25) is 14.9 Å². The SMILES string of the molecule is CC(=O)N1Cc2ccccc2CC(C)(C[N+](=O)[O-])C1. The van der Waals surface area contributed by atoms with Gasteiger partial charge in [0.25, 0.3) is 0 Å². The van der Waals surface area contributed by atoms with Gasteiger partial charge in [-0.15, -0.1) is 0 Å². The molecule has 1 amide bonds. The third-order valence-corrected chi connectivity index (χ3v) is 3.63. The minimum Gasteiger partial charge on any atom is -0.338 e. The first-order valence-corrected chi connectivity index (χ1v) is 6.34. The summed E-state index contributed by atoms with van der Waals surface area (Å²) in [6.07, 6.45) is 0.633. The Morgan fingerprint density at radius 3 is 2.63 bits per heavy atom. The molecule has 0 fully saturated rings. The molecule has 0 aromatic heterocycles. The lowest BCUT2D eigenvalue weighted by molar-refractivity contribution is -0.496. The number of benzene rings is 1. The molecule has 0 N–H and O–H groups in total. The van der Waals surface area contributed by atoms with Gasteiger partial charge in [-0.2, -0.15) is 0 Å². The fourth-order valence-corrected chi connectivity index (χ4v) is 2.76. The van der Waals surface area contributed by atoms with Crippen molar-refractivity contribution >= 4 is 5.91 Å². The van der Waals surface area contributed by atoms with Crippen molar-refractivity contribution in [3.05, 3.63) is 45.5 Å². The quantitative estimate of drug-likeness (QED) is 0.603. The van der Waals surface area contributed by atoms with Crippen molar-refractivity contribution < 1.29 is 9.72 Å². The molecule has 0 saturated carbocycles. The smallest absolute Gasteiger partial charge is 0.219 e. The maximum Gasteiger partial charge on any atom is 0.219 e. The zero-order valence-corrected chi connectivity index (χ0v) is 11.3. The minimum atomic E-state index is -0.512. The number of hydrogen-bond acceptors (Lipinski definition) is 3. The highest BCUT2D eigenvalue weighted by Gasteiger charge is 2.36. The fourth-order valence-electron chi connectivity index (χ4n) is 2.76. The number of nitrogens with zero attached hydrogens (tertiary/aromatic N) is 2. The Morgan fingerprint density at radius 2 is 2.05 bits per heavy atom. The Kier molecular flexibility index (Phi) is 3.55. The zero-order chi connectivity index (χ0) is 14.0. The summed E-state index contributed by atoms with van der Waals surface area (Å²) in [4.78, 5) is 24.0. The summed E-state index contributed by atoms with van der Waals surface area (Å²) in [5.74, 6) is -0.0359. The van der Waals surface area contributed by atoms with Crippen LogP contribution in [0, 0.1) is 15.5 Å². The van der Waals surface area contributed by atoms with E-state index in [2.05, 4.69) is 0 Å². The van der Waals surface area contributed by atoms with E-state index in [0.717, 1.165) is 11.1 Å². The molecule has 1 aromatic carbocycles. The molecule has 5 nitrogen and oxygen atoms in total. The van der Waals surface area contributed by atoms with E-state index >= 15 is 0 Å². The van der Waals surface area contributed by atoms with E-state index in [4.69, 9.17) is 0 Å². The molecule has 0 saturated heterocycles. The van der Waals surface area contributed by atoms with Gasteiger partial charge in [-0.05, 0) is 17.5 Å². The van der Waals surface area contributed by atoms with Crippen LogP contribution in [0.3, 0.4) is 0 Å². The van der Waals surface area contributed by atoms with Crippen LogP contribution in [0.2, 0.25) is 0 Å². The van der Waals surface area contributed by atoms with Crippen molar-refractivity contribution in [3.8, 4) is 0 Å². The summed E-state index contributed by atoms with van der Waals surface area (Å²) in [6, 6.07) is 7.86. The van der Waals surface area contributed by atoms with E-state index in [1.165, 1.54) is 6.92 Å². The first kappa shape index (κ1) is 13.5. The van der Waals surface area contributed by atoms with Gasteiger partial charge >= 0.3 is 0 Å². The van der Waals surface area contributed by atoms with Crippen LogP contribution in [0.5, 0.6) is 0 Å². The average molecular weight is 262 g/mol. The third-order valence-electron chi connectivity index (χ3n) is 3.63. The van der Waals surface area contributed by atoms with Gasteiger partial charge in [0.2, 0.25) is 12.5 Å². The Hall–Kier alpha value is -1.91. The second kappa shape index (κ2) is 4.99. The predicted octanol–water partition coefficient (Wildman–Crippen LogP) is 1.87. The normalized spacial score (nSPS) is 22.5. The number of amides is 1. The topological polar surface area (TPSA) is 63.5 Å². The molecule has 1 atom stereocenters. The highest BCUT2D eigenvalue weighted by Crippen LogP contribution is 2.30. The Bertz CT molecular complexity index is 515. The highest BCUT2D eigenvalue weighted by atomic mass is 16.6. The molecule has 19 heavy (non-hydrogen) atoms. The maximum absolute atomic E-state index is 11.7. The molecule has 0 aliphatic carbocycles. The molecule has 2 rings (SSSR count). The van der Waals surface area contributed by atoms with Crippen molar-refractivity contribution in [2.75, 3.05) is 13.1 Å². The second-order valence-electron chi connectivity index (χ2n) is 5.62. The molecule has 0 radical (unpaired) electrons. The first-order chi connectivity index (χ1) is 8.89. The number of carbonyl (C=O) groups excluding carboxylic acids is 1. The third kappa shape index (κ3) is 3.10. The number of hydrogen-bond donors (Lipinski definition) is 0. The Morgan fingerprint density at radius 1 is 1.42 bits per heavy atom. The standard InChI is InChI=1S/C14H18N2O3/c1-11(17)15-8-13-6-4-3-5-12(13)7-14(2,9-15)10-16(18)19/h3-6H,7-10H2,1-2H3. The summed E-state index contributed by atoms with van der Waals surface area (Å²) in [5, 5.41) is 10.9. The molecule has 0 bridgehead atoms. The lowest BCUT2D eigenvalue weighted by Crippen LogP contribution is -2.41. The lowest BCUT2D eigenvalue weighted by Gasteiger charge is -2.29. The number of rotatable bonds is 2. The maximum atomic E-state index is 11.7. The van der Waals surface area contributed by atoms with Gasteiger partial charge in [-0.1, -0.05) is 31.2 Å². The summed E-state index contributed by atoms with van der Waals surface area (Å²) in [6.45, 7) is 4.25. The van der Waals surface area contributed by atoms with Crippen molar-refractivity contribution in [2.24, 2.45) is 5.41 Å². The first-order valence-electron chi connectivity index (χ1n) is 6.34. The highest BCUT2D eigenvalue weighted by molar-refractivity contribution is 5.73. The molecule has 5 heteroatoms. The van der Waals surface area contributed by atoms with Crippen molar-refractivity contribution in [1.29, 1.82) is 0 Å². The number of nitro groups is 1. The largest absolute Gasteiger partial charge is 0.338 e. The molecule has 0 spiro atoms. The van der Waals surface area contributed by atoms with E-state index < -0.39 is 5.41 Å². The molecule has 1 aliphatic rings. The van der Waals surface area contributed by atoms with E-state index in [9.17, 15) is 14.9 Å². The van der Waals surface area contributed by atoms with Crippen molar-refractivity contribution in [3.63, 3.8) is 0 Å². The molecule has 102 valence electrons. The van der Waals surface area contributed by atoms with Crippen LogP contribution in [0.25, 0.3) is 0 Å². The summed E-state index contributed by atoms with van der Waals surface area (Å²) >= 11 is 0. The monoisotopic (exact) mass is 262 g/mol. The Balaban J connectivity index is 2.38. The number of carbonyl (C=O) groups is 1. The van der Waals surface area contributed by atoms with Crippen LogP contribution < -0.4 is 0 Å². The van der Waals surface area contributed by atoms with Crippen LogP contribution in [-0.4, -0.2) is 28.8 Å². The van der Waals surface area contributed by atoms with E-state index in [0.29, 0.717) is 19.5 Å². The molecule has 1 unspecified atom stereocenters. The molecular formula is C14H18N2O3. The molecule has 1 aliphatic heterocycles. The van der Waals surface area contributed by atoms with Gasteiger partial charge in [0.05, 0.1) is 5.41 Å². The molecular weight excluding hydrogens is 244 g/mol. The van der Waals surface area contributed by atoms with Crippen molar-refractivity contribution in [1.82, 2.24) is 4.90 Å². The Labute approximate surface area is 112 Å². The summed E-state index contributed by atoms with van der Waals surface area (Å²) < 4.78 is 0. The van der Waals surface area contributed by atoms with Crippen molar-refractivity contribution in [2.45, 2.75) is 26.8 Å². The summed E-state index contributed by atoms with van der Waals surface area (Å²) in [5.41, 5.74) is 1.68. The van der Waals surface area contributed by atoms with E-state index in [-0.39, 0.29) is 17.4 Å². The zero-order valence-electron chi connectivity index (χ0n) is 11.3. The second-order valence-corrected chi connectivity index (χ2v) is 5.62. The van der Waals surface area contributed by atoms with E-state index in [1.807, 2.05) is 31.2 Å². The van der Waals surface area contributed by atoms with Crippen LogP contribution in [0.15, 0.2) is 24.3 Å². The molecule has 1 heterocycles. The molecule has 1 aromatic rings. The minimum absolute atomic E-state index is 0.0359. The van der Waals surface area contributed by atoms with E-state index in [1.54, 1.807) is 4.90 Å². The number of fused-ring (bicyclic) bond motifs is 1. The van der Waals surface area contributed by atoms with Gasteiger partial charge in [0.15, 0.2) is 0 Å². The lowest BCUT2D eigenvalue weighted by atomic mass is 9.83. The van der Waals surface area contributed by atoms with Gasteiger partial charge in [0, 0.05) is 24.9 Å². The predicted molar refractivity (Wildman–Crippen MR) is 71.2 cm³/mol. The van der Waals surface area contributed by atoms with Crippen LogP contribution in [-0.2, 0) is 17.8 Å². The summed E-state index contributed by atoms with van der Waals surface area (Å²) in [7, 11) is 0. The fraction of sp³-hybridized carbons (Fsp3) is 0.500. The van der Waals surface area contributed by atoms with Gasteiger partial charge < -0.3 is 4.90 Å². The van der Waals surface area contributed by atoms with Crippen LogP contribution in [0.1, 0.15) is 25.0 Å².